The Kier molecular flexibility index (Phi) is 5.79. The zero-order valence-electron chi connectivity index (χ0n) is 11.8. The number of hydrogen-bond donors (Lipinski definition) is 1. The van der Waals surface area contributed by atoms with Crippen molar-refractivity contribution < 1.29 is 4.74 Å². The molecule has 1 atom stereocenters. The molecule has 1 aromatic carbocycles. The fourth-order valence-electron chi connectivity index (χ4n) is 1.96. The zero-order chi connectivity index (χ0) is 15.1. The normalized spacial score (nSPS) is 11.7. The van der Waals surface area contributed by atoms with Gasteiger partial charge in [0, 0.05) is 35.0 Å². The SMILES string of the molecule is C#CCOc1ccc(Br)cc1CNC(C)c1cccnc1. The van der Waals surface area contributed by atoms with Gasteiger partial charge in [-0.3, -0.25) is 4.98 Å². The van der Waals surface area contributed by atoms with E-state index in [2.05, 4.69) is 45.1 Å². The minimum absolute atomic E-state index is 0.207. The molecule has 0 aliphatic heterocycles. The van der Waals surface area contributed by atoms with Crippen LogP contribution in [0, 0.1) is 12.3 Å². The van der Waals surface area contributed by atoms with Crippen LogP contribution in [0.3, 0.4) is 0 Å². The van der Waals surface area contributed by atoms with E-state index in [0.717, 1.165) is 21.3 Å². The van der Waals surface area contributed by atoms with Crippen LogP contribution in [0.15, 0.2) is 47.2 Å². The molecule has 21 heavy (non-hydrogen) atoms. The molecule has 108 valence electrons. The van der Waals surface area contributed by atoms with Gasteiger partial charge in [0.2, 0.25) is 0 Å². The number of pyridine rings is 1. The number of aromatic nitrogens is 1. The first-order chi connectivity index (χ1) is 10.2. The summed E-state index contributed by atoms with van der Waals surface area (Å²) in [6.07, 6.45) is 8.89. The van der Waals surface area contributed by atoms with E-state index in [1.54, 1.807) is 6.20 Å². The Morgan fingerprint density at radius 1 is 1.43 bits per heavy atom. The van der Waals surface area contributed by atoms with E-state index in [0.29, 0.717) is 6.54 Å². The van der Waals surface area contributed by atoms with Gasteiger partial charge in [0.05, 0.1) is 0 Å². The van der Waals surface area contributed by atoms with E-state index >= 15 is 0 Å². The molecule has 1 heterocycles. The monoisotopic (exact) mass is 344 g/mol. The summed E-state index contributed by atoms with van der Waals surface area (Å²) in [5.74, 6) is 3.29. The van der Waals surface area contributed by atoms with Crippen molar-refractivity contribution in [3.63, 3.8) is 0 Å². The molecule has 4 heteroatoms. The molecule has 0 amide bonds. The quantitative estimate of drug-likeness (QED) is 0.811. The van der Waals surface area contributed by atoms with Crippen molar-refractivity contribution in [1.29, 1.82) is 0 Å². The van der Waals surface area contributed by atoms with Crippen molar-refractivity contribution in [2.75, 3.05) is 6.61 Å². The van der Waals surface area contributed by atoms with Crippen LogP contribution < -0.4 is 10.1 Å². The van der Waals surface area contributed by atoms with Crippen molar-refractivity contribution in [2.24, 2.45) is 0 Å². The number of rotatable bonds is 6. The average Bonchev–Trinajstić information content (AvgIpc) is 2.52. The first kappa shape index (κ1) is 15.6. The third kappa shape index (κ3) is 4.59. The molecule has 0 saturated carbocycles. The van der Waals surface area contributed by atoms with Gasteiger partial charge in [0.25, 0.3) is 0 Å². The summed E-state index contributed by atoms with van der Waals surface area (Å²) < 4.78 is 6.59. The predicted molar refractivity (Wildman–Crippen MR) is 88.0 cm³/mol. The Bertz CT molecular complexity index is 622. The van der Waals surface area contributed by atoms with Crippen LogP contribution in [-0.2, 0) is 6.54 Å². The summed E-state index contributed by atoms with van der Waals surface area (Å²) in [6, 6.07) is 10.1. The molecule has 0 aliphatic rings. The van der Waals surface area contributed by atoms with Crippen LogP contribution in [0.5, 0.6) is 5.75 Å². The fourth-order valence-corrected chi connectivity index (χ4v) is 2.37. The van der Waals surface area contributed by atoms with Gasteiger partial charge < -0.3 is 10.1 Å². The Morgan fingerprint density at radius 3 is 3.00 bits per heavy atom. The molecule has 3 nitrogen and oxygen atoms in total. The minimum atomic E-state index is 0.207. The van der Waals surface area contributed by atoms with Gasteiger partial charge in [0.15, 0.2) is 0 Å². The Balaban J connectivity index is 2.05. The number of nitrogens with zero attached hydrogens (tertiary/aromatic N) is 1. The molecule has 0 saturated heterocycles. The van der Waals surface area contributed by atoms with Crippen molar-refractivity contribution >= 4 is 15.9 Å². The van der Waals surface area contributed by atoms with E-state index in [-0.39, 0.29) is 12.6 Å². The van der Waals surface area contributed by atoms with Gasteiger partial charge in [-0.25, -0.2) is 0 Å². The summed E-state index contributed by atoms with van der Waals surface area (Å²) in [7, 11) is 0. The second kappa shape index (κ2) is 7.82. The van der Waals surface area contributed by atoms with Crippen LogP contribution in [0.25, 0.3) is 0 Å². The lowest BCUT2D eigenvalue weighted by Crippen LogP contribution is -2.18. The van der Waals surface area contributed by atoms with Crippen LogP contribution in [0.4, 0.5) is 0 Å². The predicted octanol–water partition coefficient (Wildman–Crippen LogP) is 3.71. The molecule has 2 aromatic rings. The highest BCUT2D eigenvalue weighted by Gasteiger charge is 2.08. The molecular weight excluding hydrogens is 328 g/mol. The third-order valence-corrected chi connectivity index (χ3v) is 3.61. The topological polar surface area (TPSA) is 34.1 Å². The number of terminal acetylenes is 1. The number of halogens is 1. The van der Waals surface area contributed by atoms with Gasteiger partial charge in [0.1, 0.15) is 12.4 Å². The highest BCUT2D eigenvalue weighted by molar-refractivity contribution is 9.10. The molecule has 0 spiro atoms. The lowest BCUT2D eigenvalue weighted by atomic mass is 10.1. The highest BCUT2D eigenvalue weighted by atomic mass is 79.9. The minimum Gasteiger partial charge on any atom is -0.481 e. The van der Waals surface area contributed by atoms with Gasteiger partial charge >= 0.3 is 0 Å². The van der Waals surface area contributed by atoms with E-state index < -0.39 is 0 Å². The number of hydrogen-bond acceptors (Lipinski definition) is 3. The lowest BCUT2D eigenvalue weighted by molar-refractivity contribution is 0.364. The van der Waals surface area contributed by atoms with E-state index in [4.69, 9.17) is 11.2 Å². The van der Waals surface area contributed by atoms with Crippen molar-refractivity contribution in [3.8, 4) is 18.1 Å². The van der Waals surface area contributed by atoms with Crippen LogP contribution in [0.2, 0.25) is 0 Å². The van der Waals surface area contributed by atoms with Crippen LogP contribution in [-0.4, -0.2) is 11.6 Å². The lowest BCUT2D eigenvalue weighted by Gasteiger charge is -2.16. The van der Waals surface area contributed by atoms with E-state index in [9.17, 15) is 0 Å². The Morgan fingerprint density at radius 2 is 2.29 bits per heavy atom. The summed E-state index contributed by atoms with van der Waals surface area (Å²) in [5.41, 5.74) is 2.22. The maximum absolute atomic E-state index is 5.57. The van der Waals surface area contributed by atoms with Crippen LogP contribution in [0.1, 0.15) is 24.1 Å². The Labute approximate surface area is 133 Å². The summed E-state index contributed by atoms with van der Waals surface area (Å²) in [4.78, 5) is 4.14. The molecule has 0 bridgehead atoms. The maximum Gasteiger partial charge on any atom is 0.148 e. The summed E-state index contributed by atoms with van der Waals surface area (Å²) in [5, 5.41) is 3.47. The summed E-state index contributed by atoms with van der Waals surface area (Å²) >= 11 is 3.48. The molecule has 1 aromatic heterocycles. The average molecular weight is 345 g/mol. The molecule has 1 unspecified atom stereocenters. The van der Waals surface area contributed by atoms with E-state index in [1.807, 2.05) is 30.5 Å². The second-order valence-electron chi connectivity index (χ2n) is 4.63. The molecule has 0 aliphatic carbocycles. The van der Waals surface area contributed by atoms with Crippen LogP contribution >= 0.6 is 15.9 Å². The fraction of sp³-hybridized carbons (Fsp3) is 0.235. The largest absolute Gasteiger partial charge is 0.481 e. The molecule has 0 fully saturated rings. The highest BCUT2D eigenvalue weighted by Crippen LogP contribution is 2.24. The molecule has 1 N–H and O–H groups in total. The first-order valence-corrected chi connectivity index (χ1v) is 7.48. The zero-order valence-corrected chi connectivity index (χ0v) is 13.4. The maximum atomic E-state index is 5.57. The molecule has 2 rings (SSSR count). The third-order valence-electron chi connectivity index (χ3n) is 3.12. The van der Waals surface area contributed by atoms with Crippen molar-refractivity contribution in [2.45, 2.75) is 19.5 Å². The standard InChI is InChI=1S/C17H17BrN2O/c1-3-9-21-17-7-6-16(18)10-15(17)12-20-13(2)14-5-4-8-19-11-14/h1,4-8,10-11,13,20H,9,12H2,2H3. The number of benzene rings is 1. The number of nitrogens with one attached hydrogen (secondary N) is 1. The van der Waals surface area contributed by atoms with E-state index in [1.165, 1.54) is 0 Å². The first-order valence-electron chi connectivity index (χ1n) is 6.68. The van der Waals surface area contributed by atoms with Gasteiger partial charge in [-0.15, -0.1) is 6.42 Å². The van der Waals surface area contributed by atoms with Crippen molar-refractivity contribution in [1.82, 2.24) is 10.3 Å². The van der Waals surface area contributed by atoms with Gasteiger partial charge in [-0.05, 0) is 36.8 Å². The smallest absolute Gasteiger partial charge is 0.148 e. The van der Waals surface area contributed by atoms with Crippen molar-refractivity contribution in [3.05, 3.63) is 58.3 Å². The molecular formula is C17H17BrN2O. The molecule has 0 radical (unpaired) electrons. The van der Waals surface area contributed by atoms with Gasteiger partial charge in [-0.2, -0.15) is 0 Å². The Hall–Kier alpha value is -1.83. The second-order valence-corrected chi connectivity index (χ2v) is 5.55. The number of ether oxygens (including phenoxy) is 1. The summed E-state index contributed by atoms with van der Waals surface area (Å²) in [6.45, 7) is 3.07. The van der Waals surface area contributed by atoms with Gasteiger partial charge in [-0.1, -0.05) is 27.9 Å².